The van der Waals surface area contributed by atoms with E-state index in [0.29, 0.717) is 13.1 Å². The molecule has 0 aliphatic heterocycles. The van der Waals surface area contributed by atoms with Crippen LogP contribution in [0.1, 0.15) is 25.8 Å². The molecule has 3 aromatic rings. The molecule has 0 radical (unpaired) electrons. The van der Waals surface area contributed by atoms with Gasteiger partial charge in [-0.25, -0.2) is 0 Å². The molecular formula is C17H18N2OS2. The first-order valence-electron chi connectivity index (χ1n) is 7.10. The number of aryl methyl sites for hydroxylation is 2. The number of aromatic nitrogens is 1. The van der Waals surface area contributed by atoms with E-state index < -0.39 is 0 Å². The highest BCUT2D eigenvalue weighted by Crippen LogP contribution is 2.21. The molecule has 3 rings (SSSR count). The van der Waals surface area contributed by atoms with Crippen LogP contribution in [0.2, 0.25) is 0 Å². The second-order valence-electron chi connectivity index (χ2n) is 5.34. The van der Waals surface area contributed by atoms with Crippen LogP contribution < -0.4 is 0 Å². The molecule has 0 aromatic carbocycles. The van der Waals surface area contributed by atoms with Gasteiger partial charge in [-0.3, -0.25) is 4.79 Å². The third-order valence-electron chi connectivity index (χ3n) is 3.56. The molecule has 0 bridgehead atoms. The van der Waals surface area contributed by atoms with Crippen molar-refractivity contribution in [3.63, 3.8) is 0 Å². The Morgan fingerprint density at radius 1 is 1.23 bits per heavy atom. The van der Waals surface area contributed by atoms with E-state index in [0.717, 1.165) is 16.1 Å². The van der Waals surface area contributed by atoms with E-state index in [1.54, 1.807) is 11.3 Å². The summed E-state index contributed by atoms with van der Waals surface area (Å²) in [5.41, 5.74) is 2.28. The Balaban J connectivity index is 1.85. The molecule has 0 fully saturated rings. The highest BCUT2D eigenvalue weighted by molar-refractivity contribution is 7.12. The number of rotatable bonds is 5. The molecule has 1 amide bonds. The Morgan fingerprint density at radius 3 is 2.68 bits per heavy atom. The van der Waals surface area contributed by atoms with Gasteiger partial charge in [0.2, 0.25) is 0 Å². The topological polar surface area (TPSA) is 25.2 Å². The second-order valence-corrected chi connectivity index (χ2v) is 7.28. The summed E-state index contributed by atoms with van der Waals surface area (Å²) in [4.78, 5) is 16.8. The number of hydrogen-bond donors (Lipinski definition) is 0. The van der Waals surface area contributed by atoms with Crippen molar-refractivity contribution in [1.82, 2.24) is 9.47 Å². The van der Waals surface area contributed by atoms with E-state index in [9.17, 15) is 4.79 Å². The van der Waals surface area contributed by atoms with Crippen molar-refractivity contribution in [2.24, 2.45) is 7.05 Å². The van der Waals surface area contributed by atoms with Crippen molar-refractivity contribution in [3.8, 4) is 0 Å². The van der Waals surface area contributed by atoms with Gasteiger partial charge < -0.3 is 9.47 Å². The summed E-state index contributed by atoms with van der Waals surface area (Å²) in [7, 11) is 2.01. The molecule has 0 N–H and O–H groups in total. The third-order valence-corrected chi connectivity index (χ3v) is 5.46. The van der Waals surface area contributed by atoms with Gasteiger partial charge in [0.25, 0.3) is 5.91 Å². The summed E-state index contributed by atoms with van der Waals surface area (Å²) >= 11 is 3.21. The summed E-state index contributed by atoms with van der Waals surface area (Å²) in [6.07, 6.45) is 2.01. The van der Waals surface area contributed by atoms with Crippen molar-refractivity contribution < 1.29 is 4.79 Å². The predicted molar refractivity (Wildman–Crippen MR) is 92.4 cm³/mol. The molecule has 5 heteroatoms. The van der Waals surface area contributed by atoms with E-state index in [1.807, 2.05) is 48.6 Å². The van der Waals surface area contributed by atoms with E-state index in [1.165, 1.54) is 16.2 Å². The first-order chi connectivity index (χ1) is 10.6. The maximum absolute atomic E-state index is 12.9. The van der Waals surface area contributed by atoms with Crippen LogP contribution in [0.15, 0.2) is 47.3 Å². The molecule has 0 unspecified atom stereocenters. The lowest BCUT2D eigenvalue weighted by Crippen LogP contribution is -2.30. The molecule has 3 nitrogen and oxygen atoms in total. The Kier molecular flexibility index (Phi) is 4.45. The van der Waals surface area contributed by atoms with E-state index in [4.69, 9.17) is 0 Å². The molecule has 0 aliphatic carbocycles. The maximum Gasteiger partial charge on any atom is 0.264 e. The van der Waals surface area contributed by atoms with Crippen LogP contribution in [0.25, 0.3) is 0 Å². The fraction of sp³-hybridized carbons (Fsp3) is 0.235. The lowest BCUT2D eigenvalue weighted by molar-refractivity contribution is 0.0733. The number of amides is 1. The minimum Gasteiger partial charge on any atom is -0.353 e. The quantitative estimate of drug-likeness (QED) is 0.685. The molecule has 114 valence electrons. The van der Waals surface area contributed by atoms with Crippen molar-refractivity contribution in [3.05, 3.63) is 68.3 Å². The van der Waals surface area contributed by atoms with E-state index >= 15 is 0 Å². The molecule has 3 heterocycles. The van der Waals surface area contributed by atoms with Gasteiger partial charge in [-0.05, 0) is 47.5 Å². The molecule has 0 spiro atoms. The molecule has 0 atom stereocenters. The van der Waals surface area contributed by atoms with Gasteiger partial charge in [-0.2, -0.15) is 0 Å². The van der Waals surface area contributed by atoms with Crippen molar-refractivity contribution in [1.29, 1.82) is 0 Å². The lowest BCUT2D eigenvalue weighted by Gasteiger charge is -2.22. The Labute approximate surface area is 138 Å². The van der Waals surface area contributed by atoms with E-state index in [-0.39, 0.29) is 5.91 Å². The number of thiophene rings is 2. The molecular weight excluding hydrogens is 312 g/mol. The van der Waals surface area contributed by atoms with Gasteiger partial charge in [-0.1, -0.05) is 6.07 Å². The van der Waals surface area contributed by atoms with E-state index in [2.05, 4.69) is 22.1 Å². The van der Waals surface area contributed by atoms with Crippen LogP contribution in [-0.4, -0.2) is 15.4 Å². The van der Waals surface area contributed by atoms with Crippen LogP contribution in [0.5, 0.6) is 0 Å². The van der Waals surface area contributed by atoms with Crippen molar-refractivity contribution in [2.75, 3.05) is 0 Å². The third kappa shape index (κ3) is 3.31. The SMILES string of the molecule is Cc1csc(C(=O)N(Cc2cccs2)Cc2cccn2C)c1. The lowest BCUT2D eigenvalue weighted by atomic mass is 10.3. The summed E-state index contributed by atoms with van der Waals surface area (Å²) in [6, 6.07) is 10.2. The second kappa shape index (κ2) is 6.50. The summed E-state index contributed by atoms with van der Waals surface area (Å²) in [6.45, 7) is 3.30. The number of carbonyl (C=O) groups excluding carboxylic acids is 1. The number of carbonyl (C=O) groups is 1. The number of nitrogens with zero attached hydrogens (tertiary/aromatic N) is 2. The zero-order valence-electron chi connectivity index (χ0n) is 12.7. The fourth-order valence-corrected chi connectivity index (χ4v) is 3.93. The van der Waals surface area contributed by atoms with Gasteiger partial charge >= 0.3 is 0 Å². The van der Waals surface area contributed by atoms with Crippen LogP contribution in [0, 0.1) is 6.92 Å². The van der Waals surface area contributed by atoms with Crippen LogP contribution in [0.3, 0.4) is 0 Å². The minimum atomic E-state index is 0.104. The highest BCUT2D eigenvalue weighted by atomic mass is 32.1. The first kappa shape index (κ1) is 15.1. The first-order valence-corrected chi connectivity index (χ1v) is 8.86. The molecule has 0 saturated heterocycles. The Hall–Kier alpha value is -1.85. The largest absolute Gasteiger partial charge is 0.353 e. The average Bonchev–Trinajstić information content (AvgIpc) is 3.22. The summed E-state index contributed by atoms with van der Waals surface area (Å²) in [5.74, 6) is 0.104. The smallest absolute Gasteiger partial charge is 0.264 e. The maximum atomic E-state index is 12.9. The normalized spacial score (nSPS) is 10.8. The average molecular weight is 330 g/mol. The zero-order valence-corrected chi connectivity index (χ0v) is 14.3. The fourth-order valence-electron chi connectivity index (χ4n) is 2.35. The summed E-state index contributed by atoms with van der Waals surface area (Å²) < 4.78 is 2.06. The van der Waals surface area contributed by atoms with Gasteiger partial charge in [0, 0.05) is 23.8 Å². The summed E-state index contributed by atoms with van der Waals surface area (Å²) in [5, 5.41) is 4.08. The van der Waals surface area contributed by atoms with Gasteiger partial charge in [-0.15, -0.1) is 22.7 Å². The van der Waals surface area contributed by atoms with Crippen LogP contribution >= 0.6 is 22.7 Å². The number of hydrogen-bond acceptors (Lipinski definition) is 3. The monoisotopic (exact) mass is 330 g/mol. The molecule has 0 saturated carbocycles. The van der Waals surface area contributed by atoms with Gasteiger partial charge in [0.15, 0.2) is 0 Å². The minimum absolute atomic E-state index is 0.104. The molecule has 0 aliphatic rings. The van der Waals surface area contributed by atoms with Gasteiger partial charge in [0.05, 0.1) is 18.0 Å². The van der Waals surface area contributed by atoms with Gasteiger partial charge in [0.1, 0.15) is 0 Å². The van der Waals surface area contributed by atoms with Crippen LogP contribution in [-0.2, 0) is 20.1 Å². The standard InChI is InChI=1S/C17H18N2OS2/c1-13-9-16(22-12-13)17(20)19(11-15-6-4-8-21-15)10-14-5-3-7-18(14)2/h3-9,12H,10-11H2,1-2H3. The zero-order chi connectivity index (χ0) is 15.5. The van der Waals surface area contributed by atoms with Crippen molar-refractivity contribution >= 4 is 28.6 Å². The predicted octanol–water partition coefficient (Wildman–Crippen LogP) is 4.30. The Morgan fingerprint density at radius 2 is 2.09 bits per heavy atom. The molecule has 3 aromatic heterocycles. The highest BCUT2D eigenvalue weighted by Gasteiger charge is 2.19. The van der Waals surface area contributed by atoms with Crippen molar-refractivity contribution in [2.45, 2.75) is 20.0 Å². The molecule has 22 heavy (non-hydrogen) atoms. The Bertz CT molecular complexity index is 755. The van der Waals surface area contributed by atoms with Crippen LogP contribution in [0.4, 0.5) is 0 Å².